The Labute approximate surface area is 148 Å². The fraction of sp³-hybridized carbons (Fsp3) is 0.278. The van der Waals surface area contributed by atoms with Crippen molar-refractivity contribution in [1.29, 1.82) is 0 Å². The molecule has 134 valence electrons. The predicted molar refractivity (Wildman–Crippen MR) is 98.1 cm³/mol. The van der Waals surface area contributed by atoms with Crippen LogP contribution >= 0.6 is 0 Å². The summed E-state index contributed by atoms with van der Waals surface area (Å²) in [6.45, 7) is 5.46. The molecule has 0 bridgehead atoms. The van der Waals surface area contributed by atoms with Gasteiger partial charge in [-0.05, 0) is 44.0 Å². The lowest BCUT2D eigenvalue weighted by molar-refractivity contribution is 0.354. The highest BCUT2D eigenvalue weighted by molar-refractivity contribution is 7.89. The molecule has 0 aliphatic rings. The van der Waals surface area contributed by atoms with Crippen LogP contribution < -0.4 is 14.3 Å². The fourth-order valence-corrected chi connectivity index (χ4v) is 4.06. The maximum Gasteiger partial charge on any atom is 0.277 e. The van der Waals surface area contributed by atoms with Crippen molar-refractivity contribution in [2.24, 2.45) is 5.10 Å². The van der Waals surface area contributed by atoms with Crippen LogP contribution in [0.1, 0.15) is 22.3 Å². The quantitative estimate of drug-likeness (QED) is 0.633. The van der Waals surface area contributed by atoms with E-state index in [-0.39, 0.29) is 4.90 Å². The van der Waals surface area contributed by atoms with E-state index in [9.17, 15) is 8.42 Å². The molecule has 0 fully saturated rings. The second-order valence-electron chi connectivity index (χ2n) is 5.66. The van der Waals surface area contributed by atoms with Gasteiger partial charge in [0.1, 0.15) is 0 Å². The SMILES string of the molecule is COc1cccc(/C=N/NS(=O)(=O)c2c(C)cc(C)cc2C)c1OC. The van der Waals surface area contributed by atoms with Crippen LogP contribution in [0.15, 0.2) is 40.3 Å². The number of nitrogens with zero attached hydrogens (tertiary/aromatic N) is 1. The van der Waals surface area contributed by atoms with Crippen LogP contribution in [0.4, 0.5) is 0 Å². The topological polar surface area (TPSA) is 77.0 Å². The Kier molecular flexibility index (Phi) is 5.69. The Bertz CT molecular complexity index is 882. The van der Waals surface area contributed by atoms with Gasteiger partial charge in [0.2, 0.25) is 0 Å². The Morgan fingerprint density at radius 2 is 1.68 bits per heavy atom. The van der Waals surface area contributed by atoms with Gasteiger partial charge >= 0.3 is 0 Å². The average molecular weight is 362 g/mol. The second kappa shape index (κ2) is 7.57. The lowest BCUT2D eigenvalue weighted by Crippen LogP contribution is -2.20. The van der Waals surface area contributed by atoms with Gasteiger partial charge in [-0.2, -0.15) is 13.5 Å². The first kappa shape index (κ1) is 18.8. The maximum atomic E-state index is 12.6. The summed E-state index contributed by atoms with van der Waals surface area (Å²) in [4.78, 5) is 2.50. The highest BCUT2D eigenvalue weighted by Gasteiger charge is 2.19. The minimum atomic E-state index is -3.76. The summed E-state index contributed by atoms with van der Waals surface area (Å²) in [7, 11) is -0.719. The Hall–Kier alpha value is -2.54. The predicted octanol–water partition coefficient (Wildman–Crippen LogP) is 2.94. The molecule has 0 spiro atoms. The van der Waals surface area contributed by atoms with E-state index in [0.29, 0.717) is 28.2 Å². The molecule has 25 heavy (non-hydrogen) atoms. The Morgan fingerprint density at radius 1 is 1.04 bits per heavy atom. The van der Waals surface area contributed by atoms with E-state index in [1.165, 1.54) is 20.4 Å². The van der Waals surface area contributed by atoms with E-state index in [4.69, 9.17) is 9.47 Å². The van der Waals surface area contributed by atoms with Gasteiger partial charge in [-0.1, -0.05) is 23.8 Å². The summed E-state index contributed by atoms with van der Waals surface area (Å²) in [5.74, 6) is 1.02. The van der Waals surface area contributed by atoms with Crippen LogP contribution in [0.25, 0.3) is 0 Å². The van der Waals surface area contributed by atoms with Crippen molar-refractivity contribution >= 4 is 16.2 Å². The molecule has 0 atom stereocenters. The van der Waals surface area contributed by atoms with Crippen molar-refractivity contribution in [3.8, 4) is 11.5 Å². The molecule has 2 aromatic rings. The minimum absolute atomic E-state index is 0.243. The normalized spacial score (nSPS) is 11.6. The van der Waals surface area contributed by atoms with Crippen molar-refractivity contribution in [2.75, 3.05) is 14.2 Å². The van der Waals surface area contributed by atoms with Crippen LogP contribution in [-0.2, 0) is 10.0 Å². The highest BCUT2D eigenvalue weighted by atomic mass is 32.2. The molecule has 2 rings (SSSR count). The van der Waals surface area contributed by atoms with Gasteiger partial charge < -0.3 is 9.47 Å². The summed E-state index contributed by atoms with van der Waals surface area (Å²) in [6.07, 6.45) is 1.39. The van der Waals surface area contributed by atoms with Crippen molar-refractivity contribution < 1.29 is 17.9 Å². The van der Waals surface area contributed by atoms with E-state index in [1.807, 2.05) is 19.1 Å². The van der Waals surface area contributed by atoms with E-state index in [0.717, 1.165) is 5.56 Å². The van der Waals surface area contributed by atoms with Gasteiger partial charge in [0.05, 0.1) is 25.3 Å². The zero-order chi connectivity index (χ0) is 18.6. The molecule has 0 saturated carbocycles. The molecule has 0 aliphatic carbocycles. The second-order valence-corrected chi connectivity index (χ2v) is 7.26. The summed E-state index contributed by atoms with van der Waals surface area (Å²) in [6, 6.07) is 8.93. The van der Waals surface area contributed by atoms with Gasteiger partial charge in [-0.15, -0.1) is 0 Å². The number of ether oxygens (including phenoxy) is 2. The number of benzene rings is 2. The minimum Gasteiger partial charge on any atom is -0.493 e. The van der Waals surface area contributed by atoms with Gasteiger partial charge in [0.25, 0.3) is 10.0 Å². The summed E-state index contributed by atoms with van der Waals surface area (Å²) in [5, 5.41) is 3.88. The molecule has 7 heteroatoms. The first-order valence-electron chi connectivity index (χ1n) is 7.64. The molecule has 2 aromatic carbocycles. The zero-order valence-corrected chi connectivity index (χ0v) is 15.8. The third-order valence-electron chi connectivity index (χ3n) is 3.68. The molecule has 0 amide bonds. The van der Waals surface area contributed by atoms with Crippen molar-refractivity contribution in [1.82, 2.24) is 4.83 Å². The molecule has 0 saturated heterocycles. The first-order valence-corrected chi connectivity index (χ1v) is 9.12. The third kappa shape index (κ3) is 4.11. The standard InChI is InChI=1S/C18H22N2O4S/c1-12-9-13(2)18(14(3)10-12)25(21,22)20-19-11-15-7-6-8-16(23-4)17(15)24-5/h6-11,20H,1-5H3/b19-11+. The Morgan fingerprint density at radius 3 is 2.24 bits per heavy atom. The van der Waals surface area contributed by atoms with Crippen molar-refractivity contribution in [2.45, 2.75) is 25.7 Å². The van der Waals surface area contributed by atoms with E-state index >= 15 is 0 Å². The average Bonchev–Trinajstić information content (AvgIpc) is 2.52. The molecular weight excluding hydrogens is 340 g/mol. The number of para-hydroxylation sites is 1. The van der Waals surface area contributed by atoms with E-state index in [1.54, 1.807) is 32.0 Å². The van der Waals surface area contributed by atoms with Gasteiger partial charge in [-0.3, -0.25) is 0 Å². The highest BCUT2D eigenvalue weighted by Crippen LogP contribution is 2.29. The number of hydrogen-bond donors (Lipinski definition) is 1. The number of sulfonamides is 1. The zero-order valence-electron chi connectivity index (χ0n) is 15.0. The van der Waals surface area contributed by atoms with Gasteiger partial charge in [-0.25, -0.2) is 4.83 Å². The summed E-state index contributed by atoms with van der Waals surface area (Å²) >= 11 is 0. The van der Waals surface area contributed by atoms with Crippen molar-refractivity contribution in [3.05, 3.63) is 52.6 Å². The maximum absolute atomic E-state index is 12.6. The van der Waals surface area contributed by atoms with Gasteiger partial charge in [0, 0.05) is 5.56 Å². The first-order chi connectivity index (χ1) is 11.8. The molecular formula is C18H22N2O4S. The van der Waals surface area contributed by atoms with Crippen molar-refractivity contribution in [3.63, 3.8) is 0 Å². The molecule has 0 radical (unpaired) electrons. The molecule has 0 aromatic heterocycles. The monoisotopic (exact) mass is 362 g/mol. The van der Waals surface area contributed by atoms with Crippen LogP contribution in [0.2, 0.25) is 0 Å². The lowest BCUT2D eigenvalue weighted by Gasteiger charge is -2.12. The summed E-state index contributed by atoms with van der Waals surface area (Å²) in [5.41, 5.74) is 2.97. The molecule has 0 heterocycles. The van der Waals surface area contributed by atoms with Crippen LogP contribution in [-0.4, -0.2) is 28.9 Å². The number of hydrogen-bond acceptors (Lipinski definition) is 5. The molecule has 6 nitrogen and oxygen atoms in total. The van der Waals surface area contributed by atoms with Crippen LogP contribution in [0.5, 0.6) is 11.5 Å². The largest absolute Gasteiger partial charge is 0.493 e. The fourth-order valence-electron chi connectivity index (χ4n) is 2.82. The van der Waals surface area contributed by atoms with E-state index in [2.05, 4.69) is 9.93 Å². The van der Waals surface area contributed by atoms with E-state index < -0.39 is 10.0 Å². The number of nitrogens with one attached hydrogen (secondary N) is 1. The molecule has 0 aliphatic heterocycles. The Balaban J connectivity index is 2.31. The number of methoxy groups -OCH3 is 2. The molecule has 0 unspecified atom stereocenters. The molecule has 1 N–H and O–H groups in total. The number of rotatable bonds is 6. The smallest absolute Gasteiger partial charge is 0.277 e. The van der Waals surface area contributed by atoms with Gasteiger partial charge in [0.15, 0.2) is 11.5 Å². The third-order valence-corrected chi connectivity index (χ3v) is 5.21. The van der Waals surface area contributed by atoms with Crippen LogP contribution in [0.3, 0.4) is 0 Å². The number of aryl methyl sites for hydroxylation is 3. The van der Waals surface area contributed by atoms with Crippen LogP contribution in [0, 0.1) is 20.8 Å². The summed E-state index contributed by atoms with van der Waals surface area (Å²) < 4.78 is 35.6. The number of hydrazone groups is 1. The lowest BCUT2D eigenvalue weighted by atomic mass is 10.1.